The number of ether oxygens (including phenoxy) is 1. The fourth-order valence-corrected chi connectivity index (χ4v) is 4.10. The van der Waals surface area contributed by atoms with Crippen molar-refractivity contribution < 1.29 is 14.6 Å². The maximum atomic E-state index is 12.9. The number of rotatable bonds is 9. The number of aromatic nitrogens is 2. The van der Waals surface area contributed by atoms with Gasteiger partial charge in [0.25, 0.3) is 5.56 Å². The SMILES string of the molecule is O=C(CSc1nc2ccccc2c(=O)n1CCCO)Nc1ccccc1Oc1ccccc1. The number of aliphatic hydroxyl groups is 1. The van der Waals surface area contributed by atoms with Crippen LogP contribution in [0.5, 0.6) is 11.5 Å². The summed E-state index contributed by atoms with van der Waals surface area (Å²) in [5.74, 6) is 1.01. The Morgan fingerprint density at radius 2 is 1.73 bits per heavy atom. The molecule has 0 spiro atoms. The molecule has 0 aliphatic carbocycles. The molecule has 0 aliphatic rings. The number of carbonyl (C=O) groups excluding carboxylic acids is 1. The number of para-hydroxylation sites is 4. The normalized spacial score (nSPS) is 10.8. The largest absolute Gasteiger partial charge is 0.455 e. The minimum atomic E-state index is -0.250. The predicted molar refractivity (Wildman–Crippen MR) is 130 cm³/mol. The Morgan fingerprint density at radius 3 is 2.55 bits per heavy atom. The van der Waals surface area contributed by atoms with E-state index in [1.807, 2.05) is 48.5 Å². The fourth-order valence-electron chi connectivity index (χ4n) is 3.27. The standard InChI is InChI=1S/C25H23N3O4S/c29-16-8-15-28-24(31)19-11-4-5-12-20(19)27-25(28)33-17-23(30)26-21-13-6-7-14-22(21)32-18-9-2-1-3-10-18/h1-7,9-14,29H,8,15-17H2,(H,26,30). The lowest BCUT2D eigenvalue weighted by atomic mass is 10.2. The van der Waals surface area contributed by atoms with Crippen molar-refractivity contribution in [1.29, 1.82) is 0 Å². The summed E-state index contributed by atoms with van der Waals surface area (Å²) in [4.78, 5) is 30.2. The number of carbonyl (C=O) groups is 1. The van der Waals surface area contributed by atoms with Gasteiger partial charge in [0.05, 0.1) is 22.3 Å². The van der Waals surface area contributed by atoms with Crippen molar-refractivity contribution in [1.82, 2.24) is 9.55 Å². The van der Waals surface area contributed by atoms with Gasteiger partial charge in [-0.05, 0) is 42.8 Å². The third-order valence-electron chi connectivity index (χ3n) is 4.83. The first-order valence-electron chi connectivity index (χ1n) is 10.5. The van der Waals surface area contributed by atoms with E-state index >= 15 is 0 Å². The van der Waals surface area contributed by atoms with Gasteiger partial charge in [-0.2, -0.15) is 0 Å². The molecule has 0 saturated carbocycles. The predicted octanol–water partition coefficient (Wildman–Crippen LogP) is 4.30. The van der Waals surface area contributed by atoms with Gasteiger partial charge in [0.15, 0.2) is 10.9 Å². The average molecular weight is 462 g/mol. The van der Waals surface area contributed by atoms with Crippen molar-refractivity contribution in [3.63, 3.8) is 0 Å². The Balaban J connectivity index is 1.50. The molecule has 2 N–H and O–H groups in total. The van der Waals surface area contributed by atoms with Crippen LogP contribution in [-0.4, -0.2) is 32.9 Å². The number of benzene rings is 3. The van der Waals surface area contributed by atoms with Crippen molar-refractivity contribution in [3.05, 3.63) is 89.2 Å². The number of nitrogens with zero attached hydrogens (tertiary/aromatic N) is 2. The first-order valence-corrected chi connectivity index (χ1v) is 11.5. The number of hydrogen-bond acceptors (Lipinski definition) is 6. The Morgan fingerprint density at radius 1 is 1.00 bits per heavy atom. The second-order valence-electron chi connectivity index (χ2n) is 7.19. The van der Waals surface area contributed by atoms with Crippen LogP contribution in [0.2, 0.25) is 0 Å². The summed E-state index contributed by atoms with van der Waals surface area (Å²) < 4.78 is 7.41. The quantitative estimate of drug-likeness (QED) is 0.285. The van der Waals surface area contributed by atoms with Gasteiger partial charge in [-0.15, -0.1) is 0 Å². The first kappa shape index (κ1) is 22.6. The summed E-state index contributed by atoms with van der Waals surface area (Å²) >= 11 is 1.18. The van der Waals surface area contributed by atoms with E-state index in [0.717, 1.165) is 0 Å². The number of anilines is 1. The Bertz CT molecular complexity index is 1310. The number of amides is 1. The molecule has 33 heavy (non-hydrogen) atoms. The van der Waals surface area contributed by atoms with Gasteiger partial charge in [0, 0.05) is 13.2 Å². The van der Waals surface area contributed by atoms with E-state index in [9.17, 15) is 14.7 Å². The molecule has 3 aromatic carbocycles. The molecule has 4 aromatic rings. The average Bonchev–Trinajstić information content (AvgIpc) is 2.84. The minimum Gasteiger partial charge on any atom is -0.455 e. The van der Waals surface area contributed by atoms with Crippen LogP contribution in [0.25, 0.3) is 10.9 Å². The highest BCUT2D eigenvalue weighted by atomic mass is 32.2. The van der Waals surface area contributed by atoms with E-state index in [4.69, 9.17) is 4.74 Å². The van der Waals surface area contributed by atoms with Crippen molar-refractivity contribution in [2.75, 3.05) is 17.7 Å². The van der Waals surface area contributed by atoms with Gasteiger partial charge in [0.2, 0.25) is 5.91 Å². The van der Waals surface area contributed by atoms with Crippen molar-refractivity contribution >= 4 is 34.3 Å². The fraction of sp³-hybridized carbons (Fsp3) is 0.160. The Hall–Kier alpha value is -3.62. The van der Waals surface area contributed by atoms with Crippen LogP contribution in [0.4, 0.5) is 5.69 Å². The topological polar surface area (TPSA) is 93.5 Å². The zero-order valence-corrected chi connectivity index (χ0v) is 18.6. The van der Waals surface area contributed by atoms with Gasteiger partial charge < -0.3 is 15.2 Å². The highest BCUT2D eigenvalue weighted by Gasteiger charge is 2.14. The molecule has 7 nitrogen and oxygen atoms in total. The molecule has 0 saturated heterocycles. The number of hydrogen-bond donors (Lipinski definition) is 2. The van der Waals surface area contributed by atoms with Crippen LogP contribution in [0, 0.1) is 0 Å². The monoisotopic (exact) mass is 461 g/mol. The van der Waals surface area contributed by atoms with Gasteiger partial charge in [-0.1, -0.05) is 54.2 Å². The van der Waals surface area contributed by atoms with Crippen LogP contribution in [0.1, 0.15) is 6.42 Å². The lowest BCUT2D eigenvalue weighted by Crippen LogP contribution is -2.24. The van der Waals surface area contributed by atoms with Crippen LogP contribution < -0.4 is 15.6 Å². The molecular weight excluding hydrogens is 438 g/mol. The molecular formula is C25H23N3O4S. The Labute approximate surface area is 195 Å². The van der Waals surface area contributed by atoms with E-state index in [0.29, 0.717) is 46.2 Å². The van der Waals surface area contributed by atoms with E-state index in [-0.39, 0.29) is 23.8 Å². The van der Waals surface area contributed by atoms with E-state index in [1.165, 1.54) is 16.3 Å². The maximum absolute atomic E-state index is 12.9. The van der Waals surface area contributed by atoms with Crippen molar-refractivity contribution in [2.45, 2.75) is 18.1 Å². The third kappa shape index (κ3) is 5.60. The van der Waals surface area contributed by atoms with Crippen LogP contribution in [0.15, 0.2) is 88.8 Å². The molecule has 1 heterocycles. The maximum Gasteiger partial charge on any atom is 0.262 e. The number of aliphatic hydroxyl groups excluding tert-OH is 1. The molecule has 0 fully saturated rings. The summed E-state index contributed by atoms with van der Waals surface area (Å²) in [6, 6.07) is 23.6. The lowest BCUT2D eigenvalue weighted by molar-refractivity contribution is -0.113. The van der Waals surface area contributed by atoms with Crippen molar-refractivity contribution in [3.8, 4) is 11.5 Å². The number of thioether (sulfide) groups is 1. The van der Waals surface area contributed by atoms with Crippen LogP contribution in [0.3, 0.4) is 0 Å². The number of fused-ring (bicyclic) bond motifs is 1. The second kappa shape index (κ2) is 10.8. The van der Waals surface area contributed by atoms with Gasteiger partial charge in [-0.3, -0.25) is 14.2 Å². The lowest BCUT2D eigenvalue weighted by Gasteiger charge is -2.14. The van der Waals surface area contributed by atoms with Gasteiger partial charge in [0.1, 0.15) is 5.75 Å². The number of nitrogens with one attached hydrogen (secondary N) is 1. The van der Waals surface area contributed by atoms with E-state index in [2.05, 4.69) is 10.3 Å². The van der Waals surface area contributed by atoms with Crippen LogP contribution in [-0.2, 0) is 11.3 Å². The summed E-state index contributed by atoms with van der Waals surface area (Å²) in [5.41, 5.74) is 0.946. The molecule has 0 bridgehead atoms. The molecule has 0 unspecified atom stereocenters. The molecule has 8 heteroatoms. The van der Waals surface area contributed by atoms with Crippen LogP contribution >= 0.6 is 11.8 Å². The zero-order valence-electron chi connectivity index (χ0n) is 17.8. The summed E-state index contributed by atoms with van der Waals surface area (Å²) in [7, 11) is 0. The van der Waals surface area contributed by atoms with E-state index in [1.54, 1.807) is 30.3 Å². The summed E-state index contributed by atoms with van der Waals surface area (Å²) in [6.45, 7) is 0.285. The summed E-state index contributed by atoms with van der Waals surface area (Å²) in [5, 5.41) is 13.0. The molecule has 168 valence electrons. The zero-order chi connectivity index (χ0) is 23.0. The molecule has 0 atom stereocenters. The molecule has 0 aliphatic heterocycles. The smallest absolute Gasteiger partial charge is 0.262 e. The van der Waals surface area contributed by atoms with Crippen molar-refractivity contribution in [2.24, 2.45) is 0 Å². The first-order chi connectivity index (χ1) is 16.2. The molecule has 0 radical (unpaired) electrons. The molecule has 1 amide bonds. The Kier molecular flexibility index (Phi) is 7.39. The third-order valence-corrected chi connectivity index (χ3v) is 5.81. The van der Waals surface area contributed by atoms with Gasteiger partial charge in [-0.25, -0.2) is 4.98 Å². The molecule has 4 rings (SSSR count). The van der Waals surface area contributed by atoms with Gasteiger partial charge >= 0.3 is 0 Å². The summed E-state index contributed by atoms with van der Waals surface area (Å²) in [6.07, 6.45) is 0.421. The molecule has 1 aromatic heterocycles. The second-order valence-corrected chi connectivity index (χ2v) is 8.14. The van der Waals surface area contributed by atoms with E-state index < -0.39 is 0 Å². The minimum absolute atomic E-state index is 0.0396. The highest BCUT2D eigenvalue weighted by Crippen LogP contribution is 2.29. The highest BCUT2D eigenvalue weighted by molar-refractivity contribution is 7.99.